The number of nitrogens with one attached hydrogen (secondary N) is 1. The molecule has 1 aromatic heterocycles. The van der Waals surface area contributed by atoms with Gasteiger partial charge < -0.3 is 15.8 Å². The highest BCUT2D eigenvalue weighted by Gasteiger charge is 2.07. The third-order valence-corrected chi connectivity index (χ3v) is 3.56. The monoisotopic (exact) mass is 314 g/mol. The van der Waals surface area contributed by atoms with Gasteiger partial charge in [-0.15, -0.1) is 0 Å². The van der Waals surface area contributed by atoms with Gasteiger partial charge in [-0.3, -0.25) is 0 Å². The number of rotatable bonds is 10. The van der Waals surface area contributed by atoms with E-state index in [4.69, 9.17) is 10.5 Å². The highest BCUT2D eigenvalue weighted by molar-refractivity contribution is 5.51. The third-order valence-electron chi connectivity index (χ3n) is 3.56. The summed E-state index contributed by atoms with van der Waals surface area (Å²) in [4.78, 5) is 8.26. The Balaban J connectivity index is 1.81. The first-order valence-electron chi connectivity index (χ1n) is 8.32. The molecule has 1 aromatic carbocycles. The number of nitrogen functional groups attached to an aromatic ring is 1. The minimum atomic E-state index is 0.264. The summed E-state index contributed by atoms with van der Waals surface area (Å²) in [6.45, 7) is 3.68. The predicted molar refractivity (Wildman–Crippen MR) is 94.7 cm³/mol. The quantitative estimate of drug-likeness (QED) is 0.655. The zero-order valence-corrected chi connectivity index (χ0v) is 13.8. The van der Waals surface area contributed by atoms with Crippen LogP contribution >= 0.6 is 0 Å². The van der Waals surface area contributed by atoms with Gasteiger partial charge in [-0.05, 0) is 24.8 Å². The molecule has 0 aliphatic heterocycles. The molecule has 1 heterocycles. The molecule has 0 atom stereocenters. The first-order valence-corrected chi connectivity index (χ1v) is 8.32. The number of unbranched alkanes of at least 4 members (excludes halogenated alkanes) is 2. The molecule has 0 saturated carbocycles. The summed E-state index contributed by atoms with van der Waals surface area (Å²) < 4.78 is 5.83. The molecule has 0 aliphatic rings. The maximum atomic E-state index is 5.83. The van der Waals surface area contributed by atoms with Gasteiger partial charge in [0, 0.05) is 6.54 Å². The minimum Gasteiger partial charge on any atom is -0.488 e. The number of nitrogens with zero attached hydrogens (tertiary/aromatic N) is 2. The van der Waals surface area contributed by atoms with Crippen LogP contribution < -0.4 is 15.8 Å². The summed E-state index contributed by atoms with van der Waals surface area (Å²) in [5, 5.41) is 3.29. The standard InChI is InChI=1S/C18H26N4O/c1-2-3-7-12-20-17-16(14-21-18(19)22-17)23-13-8-11-15-9-5-4-6-10-15/h4-6,9-10,14H,2-3,7-8,11-13H2,1H3,(H3,19,20,21,22). The Morgan fingerprint density at radius 1 is 1.13 bits per heavy atom. The first kappa shape index (κ1) is 17.1. The van der Waals surface area contributed by atoms with E-state index in [2.05, 4.69) is 46.5 Å². The van der Waals surface area contributed by atoms with Crippen LogP contribution in [0.4, 0.5) is 11.8 Å². The lowest BCUT2D eigenvalue weighted by atomic mass is 10.1. The number of ether oxygens (including phenoxy) is 1. The molecule has 124 valence electrons. The summed E-state index contributed by atoms with van der Waals surface area (Å²) in [6.07, 6.45) is 7.08. The topological polar surface area (TPSA) is 73.1 Å². The zero-order chi connectivity index (χ0) is 16.3. The van der Waals surface area contributed by atoms with Crippen molar-refractivity contribution in [2.75, 3.05) is 24.2 Å². The van der Waals surface area contributed by atoms with Gasteiger partial charge in [0.05, 0.1) is 12.8 Å². The lowest BCUT2D eigenvalue weighted by Gasteiger charge is -2.12. The van der Waals surface area contributed by atoms with Crippen molar-refractivity contribution in [3.63, 3.8) is 0 Å². The second-order valence-corrected chi connectivity index (χ2v) is 5.51. The number of hydrogen-bond donors (Lipinski definition) is 2. The summed E-state index contributed by atoms with van der Waals surface area (Å²) >= 11 is 0. The normalized spacial score (nSPS) is 10.5. The van der Waals surface area contributed by atoms with Crippen LogP contribution in [0.15, 0.2) is 36.5 Å². The molecule has 0 radical (unpaired) electrons. The van der Waals surface area contributed by atoms with Crippen molar-refractivity contribution in [2.24, 2.45) is 0 Å². The maximum absolute atomic E-state index is 5.83. The van der Waals surface area contributed by atoms with Crippen LogP contribution in [0.2, 0.25) is 0 Å². The maximum Gasteiger partial charge on any atom is 0.222 e. The number of aromatic nitrogens is 2. The lowest BCUT2D eigenvalue weighted by molar-refractivity contribution is 0.310. The second kappa shape index (κ2) is 9.66. The van der Waals surface area contributed by atoms with Crippen LogP contribution in [0.5, 0.6) is 5.75 Å². The Labute approximate surface area is 138 Å². The Kier molecular flexibility index (Phi) is 7.17. The van der Waals surface area contributed by atoms with E-state index < -0.39 is 0 Å². The van der Waals surface area contributed by atoms with E-state index in [0.717, 1.165) is 25.8 Å². The van der Waals surface area contributed by atoms with Gasteiger partial charge in [0.1, 0.15) is 0 Å². The molecule has 5 heteroatoms. The van der Waals surface area contributed by atoms with Crippen molar-refractivity contribution >= 4 is 11.8 Å². The van der Waals surface area contributed by atoms with E-state index >= 15 is 0 Å². The summed E-state index contributed by atoms with van der Waals surface area (Å²) in [5.74, 6) is 1.62. The largest absolute Gasteiger partial charge is 0.488 e. The molecular weight excluding hydrogens is 288 g/mol. The van der Waals surface area contributed by atoms with Gasteiger partial charge in [0.15, 0.2) is 11.6 Å². The van der Waals surface area contributed by atoms with E-state index in [1.54, 1.807) is 6.20 Å². The number of anilines is 2. The summed E-state index contributed by atoms with van der Waals surface area (Å²) in [5.41, 5.74) is 6.99. The molecule has 5 nitrogen and oxygen atoms in total. The summed E-state index contributed by atoms with van der Waals surface area (Å²) in [6, 6.07) is 10.4. The van der Waals surface area contributed by atoms with Crippen LogP contribution in [0, 0.1) is 0 Å². The van der Waals surface area contributed by atoms with Gasteiger partial charge in [0.2, 0.25) is 5.95 Å². The smallest absolute Gasteiger partial charge is 0.222 e. The SMILES string of the molecule is CCCCCNc1nc(N)ncc1OCCCc1ccccc1. The summed E-state index contributed by atoms with van der Waals surface area (Å²) in [7, 11) is 0. The predicted octanol–water partition coefficient (Wildman–Crippen LogP) is 3.67. The van der Waals surface area contributed by atoms with E-state index in [0.29, 0.717) is 18.2 Å². The molecule has 2 aromatic rings. The van der Waals surface area contributed by atoms with Crippen LogP contribution in [0.3, 0.4) is 0 Å². The van der Waals surface area contributed by atoms with Gasteiger partial charge in [-0.25, -0.2) is 4.98 Å². The van der Waals surface area contributed by atoms with Crippen molar-refractivity contribution in [3.8, 4) is 5.75 Å². The molecule has 0 amide bonds. The molecule has 0 saturated heterocycles. The Morgan fingerprint density at radius 2 is 1.96 bits per heavy atom. The Bertz CT molecular complexity index is 574. The number of aryl methyl sites for hydroxylation is 1. The Hall–Kier alpha value is -2.30. The third kappa shape index (κ3) is 6.14. The number of benzene rings is 1. The average Bonchev–Trinajstić information content (AvgIpc) is 2.58. The van der Waals surface area contributed by atoms with Crippen molar-refractivity contribution in [1.82, 2.24) is 9.97 Å². The van der Waals surface area contributed by atoms with Crippen LogP contribution in [-0.2, 0) is 6.42 Å². The van der Waals surface area contributed by atoms with Gasteiger partial charge >= 0.3 is 0 Å². The molecule has 0 unspecified atom stereocenters. The first-order chi connectivity index (χ1) is 11.3. The van der Waals surface area contributed by atoms with E-state index in [-0.39, 0.29) is 5.95 Å². The average molecular weight is 314 g/mol. The molecule has 0 spiro atoms. The molecular formula is C18H26N4O. The zero-order valence-electron chi connectivity index (χ0n) is 13.8. The van der Waals surface area contributed by atoms with Crippen molar-refractivity contribution in [1.29, 1.82) is 0 Å². The van der Waals surface area contributed by atoms with Gasteiger partial charge in [-0.1, -0.05) is 50.1 Å². The molecule has 2 rings (SSSR count). The van der Waals surface area contributed by atoms with E-state index in [9.17, 15) is 0 Å². The fourth-order valence-electron chi connectivity index (χ4n) is 2.30. The van der Waals surface area contributed by atoms with E-state index in [1.807, 2.05) is 6.07 Å². The van der Waals surface area contributed by atoms with Crippen LogP contribution in [0.1, 0.15) is 38.2 Å². The van der Waals surface area contributed by atoms with Gasteiger partial charge in [0.25, 0.3) is 0 Å². The van der Waals surface area contributed by atoms with Crippen molar-refractivity contribution in [3.05, 3.63) is 42.1 Å². The highest BCUT2D eigenvalue weighted by atomic mass is 16.5. The molecule has 23 heavy (non-hydrogen) atoms. The molecule has 0 aliphatic carbocycles. The van der Waals surface area contributed by atoms with E-state index in [1.165, 1.54) is 18.4 Å². The number of hydrogen-bond acceptors (Lipinski definition) is 5. The fraction of sp³-hybridized carbons (Fsp3) is 0.444. The van der Waals surface area contributed by atoms with Crippen LogP contribution in [0.25, 0.3) is 0 Å². The van der Waals surface area contributed by atoms with Crippen molar-refractivity contribution < 1.29 is 4.74 Å². The van der Waals surface area contributed by atoms with Gasteiger partial charge in [-0.2, -0.15) is 4.98 Å². The molecule has 0 bridgehead atoms. The molecule has 3 N–H and O–H groups in total. The number of nitrogens with two attached hydrogens (primary N) is 1. The molecule has 0 fully saturated rings. The highest BCUT2D eigenvalue weighted by Crippen LogP contribution is 2.22. The lowest BCUT2D eigenvalue weighted by Crippen LogP contribution is -2.09. The Morgan fingerprint density at radius 3 is 2.74 bits per heavy atom. The van der Waals surface area contributed by atoms with Crippen molar-refractivity contribution in [2.45, 2.75) is 39.0 Å². The second-order valence-electron chi connectivity index (χ2n) is 5.51. The minimum absolute atomic E-state index is 0.264. The fourth-order valence-corrected chi connectivity index (χ4v) is 2.30. The van der Waals surface area contributed by atoms with Crippen LogP contribution in [-0.4, -0.2) is 23.1 Å².